The van der Waals surface area contributed by atoms with E-state index in [2.05, 4.69) is 30.8 Å². The van der Waals surface area contributed by atoms with E-state index in [4.69, 9.17) is 4.42 Å². The molecule has 3 heterocycles. The van der Waals surface area contributed by atoms with Gasteiger partial charge in [-0.25, -0.2) is 9.98 Å². The Bertz CT molecular complexity index is 846. The van der Waals surface area contributed by atoms with Crippen LogP contribution in [0.3, 0.4) is 0 Å². The summed E-state index contributed by atoms with van der Waals surface area (Å²) in [4.78, 5) is 23.9. The summed E-state index contributed by atoms with van der Waals surface area (Å²) in [6, 6.07) is 3.84. The molecule has 1 saturated heterocycles. The maximum atomic E-state index is 12.8. The minimum Gasteiger partial charge on any atom is -0.461 e. The van der Waals surface area contributed by atoms with Crippen LogP contribution in [0.4, 0.5) is 0 Å². The van der Waals surface area contributed by atoms with Gasteiger partial charge in [0.05, 0.1) is 6.26 Å². The molecule has 2 aromatic heterocycles. The van der Waals surface area contributed by atoms with Crippen molar-refractivity contribution < 1.29 is 9.21 Å². The molecule has 1 unspecified atom stereocenters. The molecular weight excluding hydrogens is 509 g/mol. The fraction of sp³-hybridized carbons (Fsp3) is 0.619. The van der Waals surface area contributed by atoms with Gasteiger partial charge in [0.15, 0.2) is 11.7 Å². The number of aromatic nitrogens is 3. The van der Waals surface area contributed by atoms with Gasteiger partial charge in [-0.2, -0.15) is 0 Å². The molecule has 2 fully saturated rings. The standard InChI is InChI=1S/C21H31N7O2.HI/c1-2-22-21(23-13-18-25-19(27-26-18)17-9-6-12-30-17)24-16-10-11-28(14-16)20(29)15-7-4-3-5-8-15;/h6,9,12,15-16H,2-5,7-8,10-11,13-14H2,1H3,(H2,22,23,24)(H,25,26,27);1H. The molecule has 0 aromatic carbocycles. The van der Waals surface area contributed by atoms with Crippen molar-refractivity contribution >= 4 is 35.8 Å². The van der Waals surface area contributed by atoms with Crippen LogP contribution >= 0.6 is 24.0 Å². The summed E-state index contributed by atoms with van der Waals surface area (Å²) in [5.74, 6) is 3.11. The number of H-pyrrole nitrogens is 1. The number of nitrogens with one attached hydrogen (secondary N) is 3. The lowest BCUT2D eigenvalue weighted by Gasteiger charge is -2.26. The molecule has 4 rings (SSSR count). The van der Waals surface area contributed by atoms with Gasteiger partial charge in [-0.1, -0.05) is 19.3 Å². The number of guanidine groups is 1. The second-order valence-electron chi connectivity index (χ2n) is 8.03. The summed E-state index contributed by atoms with van der Waals surface area (Å²) >= 11 is 0. The van der Waals surface area contributed by atoms with Crippen LogP contribution < -0.4 is 10.6 Å². The van der Waals surface area contributed by atoms with Crippen molar-refractivity contribution in [2.75, 3.05) is 19.6 Å². The molecule has 1 aliphatic heterocycles. The molecule has 3 N–H and O–H groups in total. The van der Waals surface area contributed by atoms with E-state index in [1.54, 1.807) is 12.3 Å². The van der Waals surface area contributed by atoms with Crippen molar-refractivity contribution in [3.63, 3.8) is 0 Å². The van der Waals surface area contributed by atoms with Crippen molar-refractivity contribution in [2.24, 2.45) is 10.9 Å². The lowest BCUT2D eigenvalue weighted by atomic mass is 9.88. The van der Waals surface area contributed by atoms with Gasteiger partial charge in [0.25, 0.3) is 0 Å². The normalized spacial score (nSPS) is 19.8. The number of carbonyl (C=O) groups is 1. The van der Waals surface area contributed by atoms with Gasteiger partial charge in [-0.05, 0) is 38.3 Å². The zero-order valence-corrected chi connectivity index (χ0v) is 20.3. The SMILES string of the molecule is CCNC(=NCc1nc(-c2ccco2)n[nH]1)NC1CCN(C(=O)C2CCCCC2)C1.I. The van der Waals surface area contributed by atoms with Crippen molar-refractivity contribution in [3.05, 3.63) is 24.2 Å². The minimum absolute atomic E-state index is 0. The number of carbonyl (C=O) groups excluding carboxylic acids is 1. The molecule has 0 radical (unpaired) electrons. The molecule has 1 aliphatic carbocycles. The number of amides is 1. The highest BCUT2D eigenvalue weighted by Gasteiger charge is 2.31. The van der Waals surface area contributed by atoms with E-state index in [0.717, 1.165) is 44.9 Å². The molecule has 0 bridgehead atoms. The maximum Gasteiger partial charge on any atom is 0.225 e. The van der Waals surface area contributed by atoms with E-state index in [-0.39, 0.29) is 35.9 Å². The number of hydrogen-bond donors (Lipinski definition) is 3. The third-order valence-corrected chi connectivity index (χ3v) is 5.80. The smallest absolute Gasteiger partial charge is 0.225 e. The monoisotopic (exact) mass is 541 g/mol. The number of aliphatic imine (C=N–C) groups is 1. The van der Waals surface area contributed by atoms with E-state index in [0.29, 0.717) is 29.9 Å². The van der Waals surface area contributed by atoms with Crippen LogP contribution in [0.25, 0.3) is 11.6 Å². The van der Waals surface area contributed by atoms with Gasteiger partial charge in [0.2, 0.25) is 11.7 Å². The average molecular weight is 541 g/mol. The minimum atomic E-state index is 0. The van der Waals surface area contributed by atoms with E-state index < -0.39 is 0 Å². The van der Waals surface area contributed by atoms with Gasteiger partial charge in [0, 0.05) is 31.6 Å². The third-order valence-electron chi connectivity index (χ3n) is 5.80. The number of aromatic amines is 1. The molecule has 1 saturated carbocycles. The van der Waals surface area contributed by atoms with Gasteiger partial charge in [-0.3, -0.25) is 9.89 Å². The number of likely N-dealkylation sites (tertiary alicyclic amines) is 1. The fourth-order valence-electron chi connectivity index (χ4n) is 4.24. The van der Waals surface area contributed by atoms with Crippen molar-refractivity contribution in [1.82, 2.24) is 30.7 Å². The maximum absolute atomic E-state index is 12.8. The average Bonchev–Trinajstić information content (AvgIpc) is 3.54. The quantitative estimate of drug-likeness (QED) is 0.295. The van der Waals surface area contributed by atoms with Crippen LogP contribution in [0.2, 0.25) is 0 Å². The lowest BCUT2D eigenvalue weighted by Crippen LogP contribution is -2.45. The number of hydrogen-bond acceptors (Lipinski definition) is 5. The Kier molecular flexibility index (Phi) is 8.73. The Hall–Kier alpha value is -2.11. The third kappa shape index (κ3) is 6.20. The van der Waals surface area contributed by atoms with E-state index in [1.807, 2.05) is 17.9 Å². The highest BCUT2D eigenvalue weighted by atomic mass is 127. The summed E-state index contributed by atoms with van der Waals surface area (Å²) < 4.78 is 5.32. The Balaban J connectivity index is 0.00000272. The van der Waals surface area contributed by atoms with Gasteiger partial charge >= 0.3 is 0 Å². The van der Waals surface area contributed by atoms with Crippen LogP contribution in [0.1, 0.15) is 51.3 Å². The molecule has 2 aliphatic rings. The molecule has 1 atom stereocenters. The molecule has 31 heavy (non-hydrogen) atoms. The highest BCUT2D eigenvalue weighted by Crippen LogP contribution is 2.26. The second-order valence-corrected chi connectivity index (χ2v) is 8.03. The molecule has 0 spiro atoms. The van der Waals surface area contributed by atoms with Crippen LogP contribution in [0, 0.1) is 5.92 Å². The first-order valence-corrected chi connectivity index (χ1v) is 11.0. The predicted molar refractivity (Wildman–Crippen MR) is 129 cm³/mol. The number of nitrogens with zero attached hydrogens (tertiary/aromatic N) is 4. The summed E-state index contributed by atoms with van der Waals surface area (Å²) in [6.07, 6.45) is 8.28. The topological polar surface area (TPSA) is 111 Å². The molecule has 1 amide bonds. The van der Waals surface area contributed by atoms with Gasteiger partial charge < -0.3 is 20.0 Å². The number of halogens is 1. The van der Waals surface area contributed by atoms with Crippen LogP contribution in [-0.2, 0) is 11.3 Å². The highest BCUT2D eigenvalue weighted by molar-refractivity contribution is 14.0. The first-order valence-electron chi connectivity index (χ1n) is 11.0. The Labute approximate surface area is 199 Å². The first kappa shape index (κ1) is 23.6. The summed E-state index contributed by atoms with van der Waals surface area (Å²) in [6.45, 7) is 4.73. The second kappa shape index (κ2) is 11.5. The lowest BCUT2D eigenvalue weighted by molar-refractivity contribution is -0.135. The summed E-state index contributed by atoms with van der Waals surface area (Å²) in [5, 5.41) is 13.8. The fourth-order valence-corrected chi connectivity index (χ4v) is 4.24. The largest absolute Gasteiger partial charge is 0.461 e. The molecule has 170 valence electrons. The van der Waals surface area contributed by atoms with E-state index in [9.17, 15) is 4.79 Å². The molecule has 9 nitrogen and oxygen atoms in total. The molecular formula is C21H32IN7O2. The Morgan fingerprint density at radius 2 is 2.16 bits per heavy atom. The van der Waals surface area contributed by atoms with Crippen molar-refractivity contribution in [2.45, 2.75) is 58.0 Å². The van der Waals surface area contributed by atoms with E-state index >= 15 is 0 Å². The molecule has 2 aromatic rings. The zero-order valence-electron chi connectivity index (χ0n) is 18.0. The van der Waals surface area contributed by atoms with Gasteiger partial charge in [0.1, 0.15) is 12.4 Å². The van der Waals surface area contributed by atoms with Crippen LogP contribution in [0.5, 0.6) is 0 Å². The first-order chi connectivity index (χ1) is 14.7. The van der Waals surface area contributed by atoms with Gasteiger partial charge in [-0.15, -0.1) is 29.1 Å². The Morgan fingerprint density at radius 3 is 2.90 bits per heavy atom. The number of furan rings is 1. The molecule has 10 heteroatoms. The Morgan fingerprint density at radius 1 is 1.32 bits per heavy atom. The van der Waals surface area contributed by atoms with Crippen LogP contribution in [-0.4, -0.2) is 57.6 Å². The van der Waals surface area contributed by atoms with E-state index in [1.165, 1.54) is 19.3 Å². The van der Waals surface area contributed by atoms with Crippen molar-refractivity contribution in [3.8, 4) is 11.6 Å². The van der Waals surface area contributed by atoms with Crippen LogP contribution in [0.15, 0.2) is 27.8 Å². The number of rotatable bonds is 6. The summed E-state index contributed by atoms with van der Waals surface area (Å²) in [5.41, 5.74) is 0. The van der Waals surface area contributed by atoms with Crippen molar-refractivity contribution in [1.29, 1.82) is 0 Å². The summed E-state index contributed by atoms with van der Waals surface area (Å²) in [7, 11) is 0. The predicted octanol–water partition coefficient (Wildman–Crippen LogP) is 2.92. The zero-order chi connectivity index (χ0) is 20.8.